The molecule has 4 aliphatic rings. The molecule has 0 aromatic carbocycles. The summed E-state index contributed by atoms with van der Waals surface area (Å²) in [5, 5.41) is 10.3. The molecule has 0 spiro atoms. The molecule has 4 nitrogen and oxygen atoms in total. The monoisotopic (exact) mass is 232 g/mol. The van der Waals surface area contributed by atoms with E-state index in [2.05, 4.69) is 0 Å². The summed E-state index contributed by atoms with van der Waals surface area (Å²) in [6, 6.07) is 0. The molecule has 15 heavy (non-hydrogen) atoms. The fourth-order valence-corrected chi connectivity index (χ4v) is 5.78. The van der Waals surface area contributed by atoms with Gasteiger partial charge in [0, 0.05) is 0 Å². The van der Waals surface area contributed by atoms with Gasteiger partial charge in [-0.1, -0.05) is 0 Å². The molecule has 0 heterocycles. The van der Waals surface area contributed by atoms with Crippen molar-refractivity contribution in [2.45, 2.75) is 48.9 Å². The summed E-state index contributed by atoms with van der Waals surface area (Å²) in [7, 11) is -4.02. The van der Waals surface area contributed by atoms with Crippen molar-refractivity contribution in [3.8, 4) is 0 Å². The maximum atomic E-state index is 11.5. The average Bonchev–Trinajstić information content (AvgIpc) is 1.95. The van der Waals surface area contributed by atoms with Gasteiger partial charge in [0.15, 0.2) is 0 Å². The maximum absolute atomic E-state index is 11.5. The largest absolute Gasteiger partial charge is 0.390 e. The molecule has 0 aromatic rings. The summed E-state index contributed by atoms with van der Waals surface area (Å²) in [4.78, 5) is 0. The van der Waals surface area contributed by atoms with Crippen LogP contribution in [-0.4, -0.2) is 28.4 Å². The molecule has 4 fully saturated rings. The molecule has 86 valence electrons. The normalized spacial score (nSPS) is 53.5. The molecular weight excluding hydrogens is 216 g/mol. The zero-order chi connectivity index (χ0) is 10.9. The first kappa shape index (κ1) is 10.1. The minimum atomic E-state index is -4.02. The predicted molar refractivity (Wildman–Crippen MR) is 53.9 cm³/mol. The SMILES string of the molecule is O=S(=O)(O)C12CC3CC(CC(O)(C3)C1)C2. The van der Waals surface area contributed by atoms with E-state index in [9.17, 15) is 18.1 Å². The van der Waals surface area contributed by atoms with Crippen LogP contribution in [-0.2, 0) is 10.1 Å². The second kappa shape index (κ2) is 2.57. The molecule has 0 aliphatic heterocycles. The standard InChI is InChI=1S/C10H16O4S/c11-9-2-7-1-8(3-9)5-10(4-7,6-9)15(12,13)14/h7-8,11H,1-6H2,(H,12,13,14). The average molecular weight is 232 g/mol. The molecule has 4 saturated carbocycles. The highest BCUT2D eigenvalue weighted by Gasteiger charge is 2.62. The van der Waals surface area contributed by atoms with Crippen molar-refractivity contribution in [2.24, 2.45) is 11.8 Å². The smallest absolute Gasteiger partial charge is 0.270 e. The van der Waals surface area contributed by atoms with Crippen LogP contribution in [0.4, 0.5) is 0 Å². The van der Waals surface area contributed by atoms with Gasteiger partial charge in [-0.2, -0.15) is 8.42 Å². The van der Waals surface area contributed by atoms with Crippen LogP contribution in [0.1, 0.15) is 38.5 Å². The van der Waals surface area contributed by atoms with Crippen LogP contribution < -0.4 is 0 Å². The molecule has 2 atom stereocenters. The molecule has 4 aliphatic carbocycles. The van der Waals surface area contributed by atoms with E-state index >= 15 is 0 Å². The van der Waals surface area contributed by atoms with Gasteiger partial charge < -0.3 is 5.11 Å². The van der Waals surface area contributed by atoms with E-state index in [1.165, 1.54) is 0 Å². The second-order valence-corrected chi connectivity index (χ2v) is 7.66. The van der Waals surface area contributed by atoms with Gasteiger partial charge in [0.1, 0.15) is 4.75 Å². The molecule has 0 saturated heterocycles. The third kappa shape index (κ3) is 1.29. The number of hydrogen-bond donors (Lipinski definition) is 2. The van der Waals surface area contributed by atoms with Crippen molar-refractivity contribution in [1.29, 1.82) is 0 Å². The Hall–Kier alpha value is -0.130. The van der Waals surface area contributed by atoms with Gasteiger partial charge in [0.2, 0.25) is 0 Å². The summed E-state index contributed by atoms with van der Waals surface area (Å²) >= 11 is 0. The highest BCUT2D eigenvalue weighted by atomic mass is 32.2. The second-order valence-electron chi connectivity index (χ2n) is 5.84. The van der Waals surface area contributed by atoms with Gasteiger partial charge in [0.25, 0.3) is 10.1 Å². The Bertz CT molecular complexity index is 386. The van der Waals surface area contributed by atoms with Crippen molar-refractivity contribution in [3.05, 3.63) is 0 Å². The Kier molecular flexibility index (Phi) is 1.73. The minimum Gasteiger partial charge on any atom is -0.390 e. The van der Waals surface area contributed by atoms with Crippen LogP contribution in [0.2, 0.25) is 0 Å². The van der Waals surface area contributed by atoms with E-state index in [-0.39, 0.29) is 18.3 Å². The van der Waals surface area contributed by atoms with Crippen LogP contribution in [0.25, 0.3) is 0 Å². The Balaban J connectivity index is 2.07. The maximum Gasteiger partial charge on any atom is 0.270 e. The van der Waals surface area contributed by atoms with Gasteiger partial charge in [0.05, 0.1) is 5.60 Å². The lowest BCUT2D eigenvalue weighted by atomic mass is 9.54. The first-order chi connectivity index (χ1) is 6.82. The first-order valence-corrected chi connectivity index (χ1v) is 6.95. The van der Waals surface area contributed by atoms with Gasteiger partial charge in [-0.25, -0.2) is 0 Å². The highest BCUT2D eigenvalue weighted by Crippen LogP contribution is 2.59. The number of rotatable bonds is 1. The molecule has 4 bridgehead atoms. The summed E-state index contributed by atoms with van der Waals surface area (Å²) in [6.45, 7) is 0. The molecule has 0 amide bonds. The molecule has 0 radical (unpaired) electrons. The fourth-order valence-electron chi connectivity index (χ4n) is 4.43. The van der Waals surface area contributed by atoms with E-state index < -0.39 is 20.5 Å². The lowest BCUT2D eigenvalue weighted by molar-refractivity contribution is -0.117. The minimum absolute atomic E-state index is 0.242. The third-order valence-electron chi connectivity index (χ3n) is 4.52. The van der Waals surface area contributed by atoms with Crippen LogP contribution in [0, 0.1) is 11.8 Å². The number of hydrogen-bond acceptors (Lipinski definition) is 3. The number of aliphatic hydroxyl groups is 1. The Morgan fingerprint density at radius 3 is 2.00 bits per heavy atom. The Morgan fingerprint density at radius 1 is 1.07 bits per heavy atom. The van der Waals surface area contributed by atoms with Gasteiger partial charge in [-0.3, -0.25) is 4.55 Å². The van der Waals surface area contributed by atoms with Crippen LogP contribution in [0.15, 0.2) is 0 Å². The third-order valence-corrected chi connectivity index (χ3v) is 6.10. The van der Waals surface area contributed by atoms with Gasteiger partial charge in [-0.05, 0) is 50.4 Å². The zero-order valence-electron chi connectivity index (χ0n) is 8.52. The summed E-state index contributed by atoms with van der Waals surface area (Å²) in [6.07, 6.45) is 3.81. The van der Waals surface area contributed by atoms with E-state index in [1.807, 2.05) is 0 Å². The summed E-state index contributed by atoms with van der Waals surface area (Å²) in [5.41, 5.74) is -0.820. The quantitative estimate of drug-likeness (QED) is 0.660. The van der Waals surface area contributed by atoms with Crippen LogP contribution >= 0.6 is 0 Å². The van der Waals surface area contributed by atoms with E-state index in [0.717, 1.165) is 19.3 Å². The Morgan fingerprint density at radius 2 is 1.60 bits per heavy atom. The van der Waals surface area contributed by atoms with Gasteiger partial charge in [-0.15, -0.1) is 0 Å². The van der Waals surface area contributed by atoms with Crippen molar-refractivity contribution >= 4 is 10.1 Å². The van der Waals surface area contributed by atoms with E-state index in [0.29, 0.717) is 12.8 Å². The van der Waals surface area contributed by atoms with Crippen molar-refractivity contribution in [3.63, 3.8) is 0 Å². The summed E-state index contributed by atoms with van der Waals surface area (Å²) in [5.74, 6) is 0.580. The predicted octanol–water partition coefficient (Wildman–Crippen LogP) is 0.958. The molecule has 5 heteroatoms. The van der Waals surface area contributed by atoms with Gasteiger partial charge >= 0.3 is 0 Å². The zero-order valence-corrected chi connectivity index (χ0v) is 9.33. The van der Waals surface area contributed by atoms with Crippen LogP contribution in [0.3, 0.4) is 0 Å². The first-order valence-electron chi connectivity index (χ1n) is 5.51. The highest BCUT2D eigenvalue weighted by molar-refractivity contribution is 7.87. The van der Waals surface area contributed by atoms with Crippen molar-refractivity contribution in [2.75, 3.05) is 0 Å². The van der Waals surface area contributed by atoms with E-state index in [1.54, 1.807) is 0 Å². The molecule has 0 aromatic heterocycles. The van der Waals surface area contributed by atoms with Crippen LogP contribution in [0.5, 0.6) is 0 Å². The topological polar surface area (TPSA) is 74.6 Å². The van der Waals surface area contributed by atoms with E-state index in [4.69, 9.17) is 0 Å². The lowest BCUT2D eigenvalue weighted by Gasteiger charge is -2.58. The van der Waals surface area contributed by atoms with Crippen molar-refractivity contribution < 1.29 is 18.1 Å². The molecular formula is C10H16O4S. The fraction of sp³-hybridized carbons (Fsp3) is 1.00. The van der Waals surface area contributed by atoms with Crippen molar-refractivity contribution in [1.82, 2.24) is 0 Å². The Labute approximate surface area is 89.4 Å². The summed E-state index contributed by atoms with van der Waals surface area (Å²) < 4.78 is 31.3. The molecule has 2 N–H and O–H groups in total. The molecule has 4 rings (SSSR count). The molecule has 2 unspecified atom stereocenters. The lowest BCUT2D eigenvalue weighted by Crippen LogP contribution is -2.61.